The average molecular weight is 373 g/mol. The average Bonchev–Trinajstić information content (AvgIpc) is 2.25. The van der Waals surface area contributed by atoms with E-state index in [1.54, 1.807) is 22.6 Å². The summed E-state index contributed by atoms with van der Waals surface area (Å²) in [6.07, 6.45) is -4.67. The molecule has 0 fully saturated rings. The number of nitrogens with zero attached hydrogens (tertiary/aromatic N) is 1. The van der Waals surface area contributed by atoms with E-state index >= 15 is 0 Å². The van der Waals surface area contributed by atoms with E-state index in [2.05, 4.69) is 0 Å². The summed E-state index contributed by atoms with van der Waals surface area (Å²) < 4.78 is 38.2. The van der Waals surface area contributed by atoms with E-state index in [1.165, 1.54) is 12.1 Å². The lowest BCUT2D eigenvalue weighted by atomic mass is 9.99. The number of benzene rings is 1. The number of hydrogen-bond donors (Lipinski definition) is 0. The van der Waals surface area contributed by atoms with Crippen LogP contribution in [0.25, 0.3) is 0 Å². The molecule has 0 spiro atoms. The molecule has 0 aromatic heterocycles. The van der Waals surface area contributed by atoms with Gasteiger partial charge in [-0.25, -0.2) is 0 Å². The highest BCUT2D eigenvalue weighted by Crippen LogP contribution is 2.34. The Bertz CT molecular complexity index is 507. The highest BCUT2D eigenvalue weighted by Gasteiger charge is 2.35. The van der Waals surface area contributed by atoms with Crippen molar-refractivity contribution in [3.8, 4) is 6.07 Å². The van der Waals surface area contributed by atoms with Crippen molar-refractivity contribution in [1.29, 1.82) is 5.26 Å². The molecule has 1 aromatic carbocycles. The molecule has 0 saturated heterocycles. The van der Waals surface area contributed by atoms with Gasteiger partial charge >= 0.3 is 6.18 Å². The second-order valence-electron chi connectivity index (χ2n) is 3.04. The molecule has 0 atom stereocenters. The van der Waals surface area contributed by atoms with Gasteiger partial charge in [-0.1, -0.05) is 0 Å². The molecule has 1 aromatic rings. The van der Waals surface area contributed by atoms with E-state index in [1.807, 2.05) is 0 Å². The van der Waals surface area contributed by atoms with Gasteiger partial charge in [-0.15, -0.1) is 11.6 Å². The van der Waals surface area contributed by atoms with Crippen LogP contribution in [-0.4, -0.2) is 11.7 Å². The van der Waals surface area contributed by atoms with Gasteiger partial charge in [0, 0.05) is 9.13 Å². The fraction of sp³-hybridized carbons (Fsp3) is 0.200. The summed E-state index contributed by atoms with van der Waals surface area (Å²) >= 11 is 6.94. The lowest BCUT2D eigenvalue weighted by Crippen LogP contribution is -2.13. The molecular formula is C10H4ClF3INO. The minimum atomic E-state index is -4.67. The molecule has 0 amide bonds. The lowest BCUT2D eigenvalue weighted by Gasteiger charge is -2.12. The molecule has 0 aliphatic carbocycles. The van der Waals surface area contributed by atoms with Gasteiger partial charge in [0.1, 0.15) is 6.07 Å². The molecule has 0 aliphatic heterocycles. The molecule has 0 aliphatic rings. The van der Waals surface area contributed by atoms with Crippen molar-refractivity contribution in [2.75, 3.05) is 5.88 Å². The number of Topliss-reactive ketones (excluding diaryl/α,β-unsaturated/α-hetero) is 1. The zero-order valence-corrected chi connectivity index (χ0v) is 11.0. The largest absolute Gasteiger partial charge is 0.417 e. The van der Waals surface area contributed by atoms with E-state index in [4.69, 9.17) is 16.9 Å². The third-order valence-electron chi connectivity index (χ3n) is 1.94. The Labute approximate surface area is 114 Å². The molecule has 1 rings (SSSR count). The lowest BCUT2D eigenvalue weighted by molar-refractivity contribution is -0.137. The summed E-state index contributed by atoms with van der Waals surface area (Å²) in [6.45, 7) is 0. The maximum atomic E-state index is 12.7. The van der Waals surface area contributed by atoms with Crippen LogP contribution in [0.2, 0.25) is 0 Å². The Morgan fingerprint density at radius 1 is 1.47 bits per heavy atom. The van der Waals surface area contributed by atoms with Crippen molar-refractivity contribution >= 4 is 40.0 Å². The smallest absolute Gasteiger partial charge is 0.293 e. The van der Waals surface area contributed by atoms with Crippen LogP contribution in [0.1, 0.15) is 21.5 Å². The van der Waals surface area contributed by atoms with E-state index in [0.29, 0.717) is 0 Å². The molecule has 0 N–H and O–H groups in total. The number of halogens is 5. The summed E-state index contributed by atoms with van der Waals surface area (Å²) in [5, 5.41) is 8.75. The maximum absolute atomic E-state index is 12.7. The molecule has 0 saturated carbocycles. The first-order valence-corrected chi connectivity index (χ1v) is 5.82. The zero-order chi connectivity index (χ0) is 13.2. The molecule has 7 heteroatoms. The van der Waals surface area contributed by atoms with Crippen LogP contribution in [-0.2, 0) is 6.18 Å². The van der Waals surface area contributed by atoms with Crippen LogP contribution < -0.4 is 0 Å². The standard InChI is InChI=1S/C10H4ClF3INO/c11-3-9(17)6-1-5(15)2-8(7(6)4-16)10(12,13)14/h1-2H,3H2. The molecule has 0 radical (unpaired) electrons. The molecule has 0 bridgehead atoms. The quantitative estimate of drug-likeness (QED) is 0.451. The van der Waals surface area contributed by atoms with E-state index in [9.17, 15) is 18.0 Å². The number of alkyl halides is 4. The molecule has 2 nitrogen and oxygen atoms in total. The van der Waals surface area contributed by atoms with Crippen LogP contribution in [0.3, 0.4) is 0 Å². The Kier molecular flexibility index (Phi) is 4.38. The Balaban J connectivity index is 3.59. The second-order valence-corrected chi connectivity index (χ2v) is 4.56. The minimum Gasteiger partial charge on any atom is -0.293 e. The van der Waals surface area contributed by atoms with Crippen molar-refractivity contribution in [2.45, 2.75) is 6.18 Å². The van der Waals surface area contributed by atoms with Gasteiger partial charge < -0.3 is 0 Å². The van der Waals surface area contributed by atoms with Crippen molar-refractivity contribution in [2.24, 2.45) is 0 Å². The number of carbonyl (C=O) groups is 1. The van der Waals surface area contributed by atoms with Crippen molar-refractivity contribution in [3.63, 3.8) is 0 Å². The third kappa shape index (κ3) is 3.10. The Morgan fingerprint density at radius 2 is 2.06 bits per heavy atom. The summed E-state index contributed by atoms with van der Waals surface area (Å²) in [5.41, 5.74) is -2.08. The first-order valence-electron chi connectivity index (χ1n) is 4.21. The van der Waals surface area contributed by atoms with E-state index < -0.39 is 29.0 Å². The molecular weight excluding hydrogens is 369 g/mol. The van der Waals surface area contributed by atoms with Crippen molar-refractivity contribution in [1.82, 2.24) is 0 Å². The number of ketones is 1. The highest BCUT2D eigenvalue weighted by atomic mass is 127. The number of carbonyl (C=O) groups excluding carboxylic acids is 1. The number of rotatable bonds is 2. The predicted octanol–water partition coefficient (Wildman–Crippen LogP) is 3.60. The van der Waals surface area contributed by atoms with Gasteiger partial charge in [-0.2, -0.15) is 18.4 Å². The fourth-order valence-electron chi connectivity index (χ4n) is 1.24. The topological polar surface area (TPSA) is 40.9 Å². The van der Waals surface area contributed by atoms with E-state index in [-0.39, 0.29) is 9.13 Å². The second kappa shape index (κ2) is 5.23. The summed E-state index contributed by atoms with van der Waals surface area (Å²) in [5.74, 6) is -1.17. The predicted molar refractivity (Wildman–Crippen MR) is 63.9 cm³/mol. The minimum absolute atomic E-state index is 0.224. The highest BCUT2D eigenvalue weighted by molar-refractivity contribution is 14.1. The van der Waals surface area contributed by atoms with E-state index in [0.717, 1.165) is 6.07 Å². The van der Waals surface area contributed by atoms with Crippen LogP contribution in [0.15, 0.2) is 12.1 Å². The maximum Gasteiger partial charge on any atom is 0.417 e. The molecule has 17 heavy (non-hydrogen) atoms. The third-order valence-corrected chi connectivity index (χ3v) is 2.81. The van der Waals surface area contributed by atoms with Crippen LogP contribution in [0.4, 0.5) is 13.2 Å². The van der Waals surface area contributed by atoms with Crippen LogP contribution in [0, 0.1) is 14.9 Å². The SMILES string of the molecule is N#Cc1c(C(=O)CCl)cc(I)cc1C(F)(F)F. The summed E-state index contributed by atoms with van der Waals surface area (Å²) in [4.78, 5) is 11.4. The molecule has 0 unspecified atom stereocenters. The number of hydrogen-bond acceptors (Lipinski definition) is 2. The fourth-order valence-corrected chi connectivity index (χ4v) is 2.01. The van der Waals surface area contributed by atoms with Crippen LogP contribution in [0.5, 0.6) is 0 Å². The summed E-state index contributed by atoms with van der Waals surface area (Å²) in [6, 6.07) is 3.46. The van der Waals surface area contributed by atoms with Crippen LogP contribution >= 0.6 is 34.2 Å². The first kappa shape index (κ1) is 14.3. The first-order chi connectivity index (χ1) is 7.81. The monoisotopic (exact) mass is 373 g/mol. The Hall–Kier alpha value is -0.810. The Morgan fingerprint density at radius 3 is 2.47 bits per heavy atom. The normalized spacial score (nSPS) is 11.1. The van der Waals surface area contributed by atoms with Gasteiger partial charge in [0.2, 0.25) is 0 Å². The molecule has 90 valence electrons. The van der Waals surface area contributed by atoms with Gasteiger partial charge in [-0.05, 0) is 34.7 Å². The van der Waals surface area contributed by atoms with Crippen molar-refractivity contribution < 1.29 is 18.0 Å². The number of nitriles is 1. The van der Waals surface area contributed by atoms with Gasteiger partial charge in [0.25, 0.3) is 0 Å². The zero-order valence-electron chi connectivity index (χ0n) is 8.11. The van der Waals surface area contributed by atoms with Crippen molar-refractivity contribution in [3.05, 3.63) is 32.4 Å². The van der Waals surface area contributed by atoms with Gasteiger partial charge in [-0.3, -0.25) is 4.79 Å². The summed E-state index contributed by atoms with van der Waals surface area (Å²) in [7, 11) is 0. The molecule has 0 heterocycles. The van der Waals surface area contributed by atoms with Gasteiger partial charge in [0.15, 0.2) is 5.78 Å². The van der Waals surface area contributed by atoms with Gasteiger partial charge in [0.05, 0.1) is 17.0 Å².